The molecule has 2 atom stereocenters. The van der Waals surface area contributed by atoms with Crippen molar-refractivity contribution in [3.8, 4) is 5.75 Å². The molecule has 2 nitrogen and oxygen atoms in total. The van der Waals surface area contributed by atoms with Crippen LogP contribution in [0.3, 0.4) is 0 Å². The fourth-order valence-electron chi connectivity index (χ4n) is 2.38. The van der Waals surface area contributed by atoms with E-state index < -0.39 is 0 Å². The molecule has 1 saturated heterocycles. The van der Waals surface area contributed by atoms with E-state index in [-0.39, 0.29) is 0 Å². The first-order valence-electron chi connectivity index (χ1n) is 5.60. The molecule has 0 saturated carbocycles. The Morgan fingerprint density at radius 2 is 2.20 bits per heavy atom. The van der Waals surface area contributed by atoms with Crippen LogP contribution in [-0.4, -0.2) is 13.7 Å². The minimum atomic E-state index is 0.523. The highest BCUT2D eigenvalue weighted by molar-refractivity contribution is 5.37. The quantitative estimate of drug-likeness (QED) is 0.801. The zero-order valence-corrected chi connectivity index (χ0v) is 9.71. The Bertz CT molecular complexity index is 348. The molecular weight excluding hydrogens is 186 g/mol. The van der Waals surface area contributed by atoms with Crippen molar-refractivity contribution in [2.24, 2.45) is 5.92 Å². The molecule has 2 rings (SSSR count). The molecule has 0 radical (unpaired) electrons. The van der Waals surface area contributed by atoms with Gasteiger partial charge in [0.2, 0.25) is 0 Å². The Balaban J connectivity index is 2.25. The maximum Gasteiger partial charge on any atom is 0.121 e. The fourth-order valence-corrected chi connectivity index (χ4v) is 2.38. The summed E-state index contributed by atoms with van der Waals surface area (Å²) < 4.78 is 5.27. The highest BCUT2D eigenvalue weighted by atomic mass is 16.5. The normalized spacial score (nSPS) is 25.5. The van der Waals surface area contributed by atoms with Gasteiger partial charge in [0.05, 0.1) is 7.11 Å². The predicted molar refractivity (Wildman–Crippen MR) is 62.3 cm³/mol. The van der Waals surface area contributed by atoms with E-state index in [0.29, 0.717) is 6.04 Å². The highest BCUT2D eigenvalue weighted by Gasteiger charge is 2.24. The second-order valence-electron chi connectivity index (χ2n) is 4.43. The molecule has 15 heavy (non-hydrogen) atoms. The Kier molecular flexibility index (Phi) is 2.96. The first kappa shape index (κ1) is 10.5. The molecule has 0 spiro atoms. The summed E-state index contributed by atoms with van der Waals surface area (Å²) >= 11 is 0. The van der Waals surface area contributed by atoms with Gasteiger partial charge in [-0.25, -0.2) is 0 Å². The number of hydrogen-bond acceptors (Lipinski definition) is 2. The average Bonchev–Trinajstić information content (AvgIpc) is 2.64. The summed E-state index contributed by atoms with van der Waals surface area (Å²) in [5.41, 5.74) is 2.61. The van der Waals surface area contributed by atoms with Gasteiger partial charge in [0.1, 0.15) is 5.75 Å². The van der Waals surface area contributed by atoms with Crippen molar-refractivity contribution in [3.63, 3.8) is 0 Å². The smallest absolute Gasteiger partial charge is 0.121 e. The summed E-state index contributed by atoms with van der Waals surface area (Å²) in [6.45, 7) is 5.54. The number of methoxy groups -OCH3 is 1. The van der Waals surface area contributed by atoms with Crippen molar-refractivity contribution >= 4 is 0 Å². The van der Waals surface area contributed by atoms with Crippen LogP contribution in [0.5, 0.6) is 5.75 Å². The van der Waals surface area contributed by atoms with E-state index in [1.54, 1.807) is 7.11 Å². The summed E-state index contributed by atoms with van der Waals surface area (Å²) in [6, 6.07) is 7.00. The van der Waals surface area contributed by atoms with E-state index in [1.807, 2.05) is 0 Å². The molecule has 82 valence electrons. The molecule has 1 N–H and O–H groups in total. The van der Waals surface area contributed by atoms with Gasteiger partial charge in [0.25, 0.3) is 0 Å². The summed E-state index contributed by atoms with van der Waals surface area (Å²) in [5.74, 6) is 1.71. The van der Waals surface area contributed by atoms with Crippen LogP contribution in [-0.2, 0) is 0 Å². The minimum absolute atomic E-state index is 0.523. The summed E-state index contributed by atoms with van der Waals surface area (Å²) in [4.78, 5) is 0. The van der Waals surface area contributed by atoms with Gasteiger partial charge in [-0.3, -0.25) is 0 Å². The molecule has 1 aliphatic heterocycles. The van der Waals surface area contributed by atoms with Crippen molar-refractivity contribution in [3.05, 3.63) is 29.3 Å². The topological polar surface area (TPSA) is 21.3 Å². The molecule has 0 aliphatic carbocycles. The number of rotatable bonds is 2. The third kappa shape index (κ3) is 2.00. The van der Waals surface area contributed by atoms with Gasteiger partial charge >= 0.3 is 0 Å². The molecule has 1 heterocycles. The maximum atomic E-state index is 5.27. The van der Waals surface area contributed by atoms with Gasteiger partial charge in [0, 0.05) is 6.04 Å². The zero-order valence-electron chi connectivity index (χ0n) is 9.71. The lowest BCUT2D eigenvalue weighted by atomic mass is 9.95. The summed E-state index contributed by atoms with van der Waals surface area (Å²) in [5, 5.41) is 3.55. The second kappa shape index (κ2) is 4.23. The van der Waals surface area contributed by atoms with E-state index in [4.69, 9.17) is 4.74 Å². The number of benzene rings is 1. The molecule has 1 aliphatic rings. The summed E-state index contributed by atoms with van der Waals surface area (Å²) in [6.07, 6.45) is 1.27. The van der Waals surface area contributed by atoms with Crippen LogP contribution in [0.2, 0.25) is 0 Å². The first-order chi connectivity index (χ1) is 7.22. The van der Waals surface area contributed by atoms with E-state index in [0.717, 1.165) is 18.2 Å². The molecule has 1 aromatic rings. The van der Waals surface area contributed by atoms with Crippen molar-refractivity contribution in [1.82, 2.24) is 5.32 Å². The van der Waals surface area contributed by atoms with Gasteiger partial charge < -0.3 is 10.1 Å². The monoisotopic (exact) mass is 205 g/mol. The Morgan fingerprint density at radius 3 is 2.73 bits per heavy atom. The molecule has 0 amide bonds. The van der Waals surface area contributed by atoms with Crippen molar-refractivity contribution in [2.45, 2.75) is 26.3 Å². The van der Waals surface area contributed by atoms with Gasteiger partial charge in [-0.05, 0) is 43.0 Å². The van der Waals surface area contributed by atoms with Crippen LogP contribution in [0.15, 0.2) is 18.2 Å². The molecule has 1 aromatic carbocycles. The lowest BCUT2D eigenvalue weighted by Crippen LogP contribution is -2.16. The maximum absolute atomic E-state index is 5.27. The zero-order chi connectivity index (χ0) is 10.8. The number of ether oxygens (including phenoxy) is 1. The van der Waals surface area contributed by atoms with Crippen LogP contribution in [0.1, 0.15) is 30.5 Å². The number of aryl methyl sites for hydroxylation is 1. The fraction of sp³-hybridized carbons (Fsp3) is 0.538. The van der Waals surface area contributed by atoms with E-state index >= 15 is 0 Å². The summed E-state index contributed by atoms with van der Waals surface area (Å²) in [7, 11) is 1.72. The van der Waals surface area contributed by atoms with Crippen LogP contribution in [0, 0.1) is 12.8 Å². The standard InChI is InChI=1S/C13H19NO/c1-9-6-7-14-13(9)11-4-5-12(15-3)10(2)8-11/h4-5,8-9,13-14H,6-7H2,1-3H3. The lowest BCUT2D eigenvalue weighted by Gasteiger charge is -2.17. The van der Waals surface area contributed by atoms with Gasteiger partial charge in [-0.2, -0.15) is 0 Å². The molecule has 0 bridgehead atoms. The third-order valence-electron chi connectivity index (χ3n) is 3.31. The van der Waals surface area contributed by atoms with E-state index in [2.05, 4.69) is 37.4 Å². The van der Waals surface area contributed by atoms with E-state index in [1.165, 1.54) is 17.5 Å². The highest BCUT2D eigenvalue weighted by Crippen LogP contribution is 2.31. The van der Waals surface area contributed by atoms with Crippen molar-refractivity contribution < 1.29 is 4.74 Å². The van der Waals surface area contributed by atoms with Crippen LogP contribution >= 0.6 is 0 Å². The minimum Gasteiger partial charge on any atom is -0.496 e. The van der Waals surface area contributed by atoms with E-state index in [9.17, 15) is 0 Å². The van der Waals surface area contributed by atoms with Gasteiger partial charge in [-0.1, -0.05) is 19.1 Å². The van der Waals surface area contributed by atoms with Crippen molar-refractivity contribution in [2.75, 3.05) is 13.7 Å². The third-order valence-corrected chi connectivity index (χ3v) is 3.31. The molecule has 1 fully saturated rings. The number of nitrogens with one attached hydrogen (secondary N) is 1. The molecule has 0 aromatic heterocycles. The number of hydrogen-bond donors (Lipinski definition) is 1. The SMILES string of the molecule is COc1ccc(C2NCCC2C)cc1C. The van der Waals surface area contributed by atoms with Crippen LogP contribution < -0.4 is 10.1 Å². The average molecular weight is 205 g/mol. The van der Waals surface area contributed by atoms with Crippen molar-refractivity contribution in [1.29, 1.82) is 0 Å². The lowest BCUT2D eigenvalue weighted by molar-refractivity contribution is 0.410. The van der Waals surface area contributed by atoms with Crippen LogP contribution in [0.4, 0.5) is 0 Å². The van der Waals surface area contributed by atoms with Gasteiger partial charge in [0.15, 0.2) is 0 Å². The van der Waals surface area contributed by atoms with Crippen LogP contribution in [0.25, 0.3) is 0 Å². The second-order valence-corrected chi connectivity index (χ2v) is 4.43. The Hall–Kier alpha value is -1.02. The van der Waals surface area contributed by atoms with Gasteiger partial charge in [-0.15, -0.1) is 0 Å². The first-order valence-corrected chi connectivity index (χ1v) is 5.60. The largest absolute Gasteiger partial charge is 0.496 e. The predicted octanol–water partition coefficient (Wildman–Crippen LogP) is 2.67. The Labute approximate surface area is 91.6 Å². The molecular formula is C13H19NO. The Morgan fingerprint density at radius 1 is 1.40 bits per heavy atom. The molecule has 2 heteroatoms. The molecule has 2 unspecified atom stereocenters.